The summed E-state index contributed by atoms with van der Waals surface area (Å²) in [5.74, 6) is -1.58. The molecule has 84 valence electrons. The molecule has 0 amide bonds. The Balaban J connectivity index is 3.72. The molecule has 0 aromatic heterocycles. The minimum Gasteiger partial charge on any atom is -0.258 e. The van der Waals surface area contributed by atoms with Gasteiger partial charge in [0.1, 0.15) is 4.90 Å². The van der Waals surface area contributed by atoms with Crippen LogP contribution in [0.3, 0.4) is 0 Å². The van der Waals surface area contributed by atoms with E-state index in [-0.39, 0.29) is 5.56 Å². The fourth-order valence-electron chi connectivity index (χ4n) is 0.958. The van der Waals surface area contributed by atoms with E-state index in [1.807, 2.05) is 0 Å². The Kier molecular flexibility index (Phi) is 3.11. The SMILES string of the molecule is N#Cc1cc([N+](=O)[O-])c(F)c(S(=O)(=O)Cl)c1. The van der Waals surface area contributed by atoms with Crippen molar-refractivity contribution in [2.75, 3.05) is 0 Å². The molecule has 0 aliphatic rings. The second-order valence-corrected chi connectivity index (χ2v) is 5.15. The highest BCUT2D eigenvalue weighted by atomic mass is 35.7. The predicted molar refractivity (Wildman–Crippen MR) is 50.8 cm³/mol. The number of nitro groups is 1. The minimum absolute atomic E-state index is 0.368. The van der Waals surface area contributed by atoms with Gasteiger partial charge in [0.05, 0.1) is 16.6 Å². The van der Waals surface area contributed by atoms with Gasteiger partial charge in [-0.2, -0.15) is 9.65 Å². The summed E-state index contributed by atoms with van der Waals surface area (Å²) in [5, 5.41) is 18.9. The van der Waals surface area contributed by atoms with Crippen molar-refractivity contribution in [3.63, 3.8) is 0 Å². The third-order valence-electron chi connectivity index (χ3n) is 1.61. The van der Waals surface area contributed by atoms with Gasteiger partial charge in [-0.05, 0) is 6.07 Å². The van der Waals surface area contributed by atoms with Gasteiger partial charge < -0.3 is 0 Å². The maximum absolute atomic E-state index is 13.3. The molecule has 0 saturated carbocycles. The van der Waals surface area contributed by atoms with Crippen LogP contribution in [0.2, 0.25) is 0 Å². The topological polar surface area (TPSA) is 101 Å². The lowest BCUT2D eigenvalue weighted by Gasteiger charge is -2.00. The van der Waals surface area contributed by atoms with Crippen molar-refractivity contribution in [1.82, 2.24) is 0 Å². The average molecular weight is 265 g/mol. The molecule has 0 fully saturated rings. The van der Waals surface area contributed by atoms with Gasteiger partial charge in [-0.3, -0.25) is 10.1 Å². The molecule has 16 heavy (non-hydrogen) atoms. The van der Waals surface area contributed by atoms with Crippen molar-refractivity contribution in [3.8, 4) is 6.07 Å². The van der Waals surface area contributed by atoms with E-state index in [9.17, 15) is 22.9 Å². The maximum atomic E-state index is 13.3. The molecule has 0 heterocycles. The van der Waals surface area contributed by atoms with Crippen molar-refractivity contribution in [2.24, 2.45) is 0 Å². The van der Waals surface area contributed by atoms with Crippen LogP contribution in [0.1, 0.15) is 5.56 Å². The summed E-state index contributed by atoms with van der Waals surface area (Å²) in [5.41, 5.74) is -1.48. The fourth-order valence-corrected chi connectivity index (χ4v) is 1.88. The summed E-state index contributed by atoms with van der Waals surface area (Å²) >= 11 is 0. The lowest BCUT2D eigenvalue weighted by atomic mass is 10.2. The zero-order chi connectivity index (χ0) is 12.5. The summed E-state index contributed by atoms with van der Waals surface area (Å²) in [6, 6.07) is 2.72. The van der Waals surface area contributed by atoms with Crippen LogP contribution < -0.4 is 0 Å². The molecule has 1 aromatic rings. The lowest BCUT2D eigenvalue weighted by molar-refractivity contribution is -0.387. The number of benzene rings is 1. The molecule has 1 rings (SSSR count). The van der Waals surface area contributed by atoms with E-state index in [1.54, 1.807) is 0 Å². The van der Waals surface area contributed by atoms with Crippen LogP contribution in [0.4, 0.5) is 10.1 Å². The monoisotopic (exact) mass is 264 g/mol. The van der Waals surface area contributed by atoms with Crippen LogP contribution in [0.25, 0.3) is 0 Å². The summed E-state index contributed by atoms with van der Waals surface area (Å²) < 4.78 is 35.1. The molecule has 0 N–H and O–H groups in total. The molecule has 0 bridgehead atoms. The number of nitrogens with zero attached hydrogens (tertiary/aromatic N) is 2. The van der Waals surface area contributed by atoms with Gasteiger partial charge in [0, 0.05) is 16.7 Å². The Morgan fingerprint density at radius 2 is 2.06 bits per heavy atom. The molecule has 0 unspecified atom stereocenters. The largest absolute Gasteiger partial charge is 0.307 e. The molecule has 0 spiro atoms. The number of nitro benzene ring substituents is 1. The van der Waals surface area contributed by atoms with E-state index >= 15 is 0 Å². The molecule has 0 saturated heterocycles. The second-order valence-electron chi connectivity index (χ2n) is 2.61. The van der Waals surface area contributed by atoms with Crippen LogP contribution in [0, 0.1) is 27.3 Å². The van der Waals surface area contributed by atoms with Gasteiger partial charge in [0.2, 0.25) is 5.82 Å². The van der Waals surface area contributed by atoms with Crippen LogP contribution >= 0.6 is 10.7 Å². The van der Waals surface area contributed by atoms with Crippen LogP contribution in [0.15, 0.2) is 17.0 Å². The first kappa shape index (κ1) is 12.4. The van der Waals surface area contributed by atoms with Gasteiger partial charge in [-0.1, -0.05) is 0 Å². The first-order valence-corrected chi connectivity index (χ1v) is 5.91. The zero-order valence-electron chi connectivity index (χ0n) is 7.35. The zero-order valence-corrected chi connectivity index (χ0v) is 8.92. The van der Waals surface area contributed by atoms with E-state index in [4.69, 9.17) is 15.9 Å². The highest BCUT2D eigenvalue weighted by Gasteiger charge is 2.26. The van der Waals surface area contributed by atoms with Gasteiger partial charge in [-0.15, -0.1) is 0 Å². The molecule has 0 radical (unpaired) electrons. The van der Waals surface area contributed by atoms with Crippen molar-refractivity contribution < 1.29 is 17.7 Å². The van der Waals surface area contributed by atoms with Crippen molar-refractivity contribution in [2.45, 2.75) is 4.90 Å². The Morgan fingerprint density at radius 3 is 2.44 bits per heavy atom. The third kappa shape index (κ3) is 2.26. The van der Waals surface area contributed by atoms with Gasteiger partial charge >= 0.3 is 5.69 Å². The lowest BCUT2D eigenvalue weighted by Crippen LogP contribution is -2.01. The Labute approximate surface area is 93.4 Å². The third-order valence-corrected chi connectivity index (χ3v) is 2.93. The predicted octanol–water partition coefficient (Wildman–Crippen LogP) is 1.53. The van der Waals surface area contributed by atoms with Crippen LogP contribution in [0.5, 0.6) is 0 Å². The van der Waals surface area contributed by atoms with E-state index in [2.05, 4.69) is 0 Å². The summed E-state index contributed by atoms with van der Waals surface area (Å²) in [6.45, 7) is 0. The molecule has 0 aliphatic carbocycles. The van der Waals surface area contributed by atoms with Crippen LogP contribution in [-0.2, 0) is 9.05 Å². The summed E-state index contributed by atoms with van der Waals surface area (Å²) in [7, 11) is 0.389. The van der Waals surface area contributed by atoms with E-state index in [0.29, 0.717) is 12.1 Å². The molecule has 0 atom stereocenters. The second kappa shape index (κ2) is 4.03. The summed E-state index contributed by atoms with van der Waals surface area (Å²) in [4.78, 5) is 8.17. The molecule has 6 nitrogen and oxygen atoms in total. The number of halogens is 2. The van der Waals surface area contributed by atoms with Gasteiger partial charge in [0.25, 0.3) is 9.05 Å². The van der Waals surface area contributed by atoms with Crippen molar-refractivity contribution in [1.29, 1.82) is 5.26 Å². The van der Waals surface area contributed by atoms with Crippen molar-refractivity contribution in [3.05, 3.63) is 33.6 Å². The molecule has 1 aromatic carbocycles. The number of hydrogen-bond acceptors (Lipinski definition) is 5. The van der Waals surface area contributed by atoms with Gasteiger partial charge in [-0.25, -0.2) is 8.42 Å². The van der Waals surface area contributed by atoms with Crippen LogP contribution in [-0.4, -0.2) is 13.3 Å². The minimum atomic E-state index is -4.48. The molecule has 0 aliphatic heterocycles. The Morgan fingerprint density at radius 1 is 1.50 bits per heavy atom. The van der Waals surface area contributed by atoms with E-state index in [1.165, 1.54) is 6.07 Å². The quantitative estimate of drug-likeness (QED) is 0.458. The first-order valence-electron chi connectivity index (χ1n) is 3.60. The smallest absolute Gasteiger partial charge is 0.258 e. The maximum Gasteiger partial charge on any atom is 0.307 e. The van der Waals surface area contributed by atoms with Crippen molar-refractivity contribution >= 4 is 25.4 Å². The van der Waals surface area contributed by atoms with E-state index < -0.39 is 30.4 Å². The standard InChI is InChI=1S/C7H2ClFN2O4S/c8-16(14,15)6-2-4(3-10)1-5(7(6)9)11(12)13/h1-2H. The highest BCUT2D eigenvalue weighted by Crippen LogP contribution is 2.28. The number of nitriles is 1. The van der Waals surface area contributed by atoms with E-state index in [0.717, 1.165) is 0 Å². The van der Waals surface area contributed by atoms with Gasteiger partial charge in [0.15, 0.2) is 0 Å². The number of hydrogen-bond donors (Lipinski definition) is 0. The number of rotatable bonds is 2. The molecule has 9 heteroatoms. The fraction of sp³-hybridized carbons (Fsp3) is 0. The molecular formula is C7H2ClFN2O4S. The highest BCUT2D eigenvalue weighted by molar-refractivity contribution is 8.13. The molecular weight excluding hydrogens is 263 g/mol. The summed E-state index contributed by atoms with van der Waals surface area (Å²) in [6.07, 6.45) is 0. The first-order chi connectivity index (χ1) is 7.27. The normalized spacial score (nSPS) is 10.8. The average Bonchev–Trinajstić information content (AvgIpc) is 2.15. The Bertz CT molecular complexity index is 608. The Hall–Kier alpha value is -1.72.